The summed E-state index contributed by atoms with van der Waals surface area (Å²) < 4.78 is 15.2. The topological polar surface area (TPSA) is 143 Å². The van der Waals surface area contributed by atoms with Crippen molar-refractivity contribution in [3.05, 3.63) is 6.42 Å². The van der Waals surface area contributed by atoms with Gasteiger partial charge in [-0.25, -0.2) is 0 Å². The molecule has 10 nitrogen and oxygen atoms in total. The molecule has 0 aromatic heterocycles. The van der Waals surface area contributed by atoms with E-state index in [2.05, 4.69) is 31.4 Å². The molecule has 0 aliphatic heterocycles. The number of nitrogens with one attached hydrogen (secondary N) is 2. The molecule has 200 valence electrons. The second-order valence-electron chi connectivity index (χ2n) is 8.42. The first-order valence-corrected chi connectivity index (χ1v) is 10.8. The zero-order valence-electron chi connectivity index (χ0n) is 21.2. The first kappa shape index (κ1) is 41.3. The van der Waals surface area contributed by atoms with Crippen molar-refractivity contribution < 1.29 is 91.1 Å². The fraction of sp³-hybridized carbons (Fsp3) is 0.818. The summed E-state index contributed by atoms with van der Waals surface area (Å²) in [4.78, 5) is 32.2. The number of carbonyl (C=O) groups is 3. The second-order valence-corrected chi connectivity index (χ2v) is 8.42. The molecule has 0 aromatic rings. The van der Waals surface area contributed by atoms with Crippen LogP contribution < -0.4 is 10.6 Å². The number of rotatable bonds is 19. The molecule has 0 unspecified atom stereocenters. The second kappa shape index (κ2) is 26.3. The van der Waals surface area contributed by atoms with Gasteiger partial charge in [0.1, 0.15) is 18.7 Å². The van der Waals surface area contributed by atoms with E-state index < -0.39 is 11.5 Å². The van der Waals surface area contributed by atoms with E-state index in [0.717, 1.165) is 13.0 Å². The molecule has 0 heterocycles. The Bertz CT molecular complexity index is 506. The van der Waals surface area contributed by atoms with Crippen LogP contribution in [0.1, 0.15) is 47.5 Å². The number of hydrogen-bond acceptors (Lipinski definition) is 9. The van der Waals surface area contributed by atoms with Crippen molar-refractivity contribution >= 4 is 18.0 Å². The van der Waals surface area contributed by atoms with Gasteiger partial charge in [0.05, 0.1) is 45.2 Å². The van der Waals surface area contributed by atoms with Crippen LogP contribution in [0.3, 0.4) is 0 Å². The standard InChI is InChI=1S/C14H24NO6.C8H19NO2.Nb.Np/c1-14(2,12(17)4-3-5-13(18)19)15-6-8-20-10-11-21-9-7-16;1-8(2,3)9-4-6-11-7-5-10;;/h5,7,15H,3-4,6,8-11H2,1-2H3,(H,18,19);9-10H,4-7H2,1-3H3;;/q-1;;;. The first-order valence-electron chi connectivity index (χ1n) is 10.8. The number of ether oxygens (including phenoxy) is 3. The number of carbonyl (C=O) groups excluding carboxylic acids is 2. The maximum atomic E-state index is 11.9. The van der Waals surface area contributed by atoms with Crippen LogP contribution in [0.2, 0.25) is 0 Å². The van der Waals surface area contributed by atoms with Crippen LogP contribution in [0.5, 0.6) is 0 Å². The average molecular weight is 793 g/mol. The molecule has 0 aromatic carbocycles. The maximum absolute atomic E-state index is 11.9. The molecule has 0 bridgehead atoms. The van der Waals surface area contributed by atoms with Gasteiger partial charge in [-0.1, -0.05) is 0 Å². The number of aliphatic carboxylic acids is 1. The zero-order chi connectivity index (χ0) is 24.9. The molecule has 0 saturated heterocycles. The van der Waals surface area contributed by atoms with Gasteiger partial charge in [0, 0.05) is 71.0 Å². The average Bonchev–Trinajstić information content (AvgIpc) is 2.69. The SMILES string of the molecule is CC(C)(C)NCCOCCO.CC(C)(NCCOCCOCC=O)C(=O)CC[CH-]C(=O)O.[Nb].[Np]. The van der Waals surface area contributed by atoms with Gasteiger partial charge < -0.3 is 39.9 Å². The van der Waals surface area contributed by atoms with Gasteiger partial charge in [0.2, 0.25) is 0 Å². The van der Waals surface area contributed by atoms with Crippen LogP contribution >= 0.6 is 0 Å². The van der Waals surface area contributed by atoms with E-state index in [1.807, 2.05) is 0 Å². The number of aliphatic hydroxyl groups is 1. The Hall–Kier alpha value is 0.193. The molecule has 0 aliphatic rings. The van der Waals surface area contributed by atoms with Gasteiger partial charge in [-0.3, -0.25) is 16.0 Å². The summed E-state index contributed by atoms with van der Waals surface area (Å²) >= 11 is 0. The number of Topliss-reactive ketones (excluding diaryl/α,β-unsaturated/α-hetero) is 1. The Morgan fingerprint density at radius 3 is 1.94 bits per heavy atom. The van der Waals surface area contributed by atoms with Crippen molar-refractivity contribution in [2.24, 2.45) is 0 Å². The van der Waals surface area contributed by atoms with Crippen LogP contribution in [0.4, 0.5) is 0 Å². The summed E-state index contributed by atoms with van der Waals surface area (Å²) in [6.45, 7) is 13.6. The van der Waals surface area contributed by atoms with Crippen molar-refractivity contribution in [2.75, 3.05) is 59.3 Å². The quantitative estimate of drug-likeness (QED) is 0.0637. The van der Waals surface area contributed by atoms with E-state index in [9.17, 15) is 14.4 Å². The fourth-order valence-corrected chi connectivity index (χ4v) is 2.19. The Balaban J connectivity index is -0.000000296. The minimum absolute atomic E-state index is 0. The molecule has 0 fully saturated rings. The summed E-state index contributed by atoms with van der Waals surface area (Å²) in [5.74, 6) is -1.06. The van der Waals surface area contributed by atoms with Crippen LogP contribution in [0.25, 0.3) is 0 Å². The van der Waals surface area contributed by atoms with E-state index in [4.69, 9.17) is 24.4 Å². The molecule has 34 heavy (non-hydrogen) atoms. The maximum Gasteiger partial charge on any atom is 0.163 e. The summed E-state index contributed by atoms with van der Waals surface area (Å²) in [7, 11) is 0. The first-order chi connectivity index (χ1) is 15.0. The van der Waals surface area contributed by atoms with Gasteiger partial charge in [-0.05, 0) is 41.0 Å². The van der Waals surface area contributed by atoms with E-state index in [1.54, 1.807) is 13.8 Å². The van der Waals surface area contributed by atoms with Crippen LogP contribution in [0, 0.1) is 36.4 Å². The van der Waals surface area contributed by atoms with E-state index >= 15 is 0 Å². The van der Waals surface area contributed by atoms with E-state index in [0.29, 0.717) is 45.9 Å². The molecule has 0 spiro atoms. The minimum Gasteiger partial charge on any atom is -0.503 e. The van der Waals surface area contributed by atoms with Crippen molar-refractivity contribution in [1.29, 1.82) is 0 Å². The van der Waals surface area contributed by atoms with Crippen LogP contribution in [-0.2, 0) is 51.0 Å². The van der Waals surface area contributed by atoms with Crippen molar-refractivity contribution in [1.82, 2.24) is 10.6 Å². The number of carboxylic acids is 1. The third kappa shape index (κ3) is 32.2. The molecule has 12 heteroatoms. The van der Waals surface area contributed by atoms with Crippen LogP contribution in [0.15, 0.2) is 0 Å². The largest absolute Gasteiger partial charge is 0.503 e. The molecule has 0 amide bonds. The third-order valence-electron chi connectivity index (χ3n) is 3.90. The summed E-state index contributed by atoms with van der Waals surface area (Å²) in [5, 5.41) is 23.2. The normalized spacial score (nSPS) is 10.8. The Labute approximate surface area is 242 Å². The molecule has 4 N–H and O–H groups in total. The predicted octanol–water partition coefficient (Wildman–Crippen LogP) is 0.606. The summed E-state index contributed by atoms with van der Waals surface area (Å²) in [5.41, 5.74) is -0.563. The van der Waals surface area contributed by atoms with Gasteiger partial charge in [0.25, 0.3) is 0 Å². The smallest absolute Gasteiger partial charge is 0.163 e. The van der Waals surface area contributed by atoms with Gasteiger partial charge in [-0.2, -0.15) is 6.42 Å². The number of hydrogen-bond donors (Lipinski definition) is 4. The molecule has 0 atom stereocenters. The Morgan fingerprint density at radius 2 is 1.44 bits per heavy atom. The fourth-order valence-electron chi connectivity index (χ4n) is 2.19. The van der Waals surface area contributed by atoms with Crippen molar-refractivity contribution in [3.63, 3.8) is 0 Å². The monoisotopic (exact) mass is 792 g/mol. The molecular formula is C22H43N2NbNpO8-. The summed E-state index contributed by atoms with van der Waals surface area (Å²) in [6, 6.07) is 0. The number of aldehydes is 1. The van der Waals surface area contributed by atoms with Crippen molar-refractivity contribution in [2.45, 2.75) is 58.5 Å². The van der Waals surface area contributed by atoms with Crippen molar-refractivity contribution in [3.8, 4) is 0 Å². The molecule has 0 rings (SSSR count). The molecule has 0 aliphatic carbocycles. The minimum atomic E-state index is -1.02. The Morgan fingerprint density at radius 1 is 0.912 bits per heavy atom. The molecule has 0 saturated carbocycles. The number of aliphatic hydroxyl groups excluding tert-OH is 1. The van der Waals surface area contributed by atoms with E-state index in [1.165, 1.54) is 0 Å². The number of carboxylic acid groups (broad SMARTS) is 1. The third-order valence-corrected chi connectivity index (χ3v) is 3.90. The number of ketones is 1. The van der Waals surface area contributed by atoms with Gasteiger partial charge >= 0.3 is 0 Å². The van der Waals surface area contributed by atoms with E-state index in [-0.39, 0.29) is 89.7 Å². The van der Waals surface area contributed by atoms with Gasteiger partial charge in [0.15, 0.2) is 5.97 Å². The van der Waals surface area contributed by atoms with Crippen LogP contribution in [-0.4, -0.2) is 98.7 Å². The predicted molar refractivity (Wildman–Crippen MR) is 122 cm³/mol. The van der Waals surface area contributed by atoms with Gasteiger partial charge in [-0.15, -0.1) is 0 Å². The summed E-state index contributed by atoms with van der Waals surface area (Å²) in [6.07, 6.45) is 2.17. The Kier molecular flexibility index (Phi) is 31.9. The molecular weight excluding hydrogens is 750 g/mol. The molecule has 2 radical (unpaired) electrons. The zero-order valence-corrected chi connectivity index (χ0v) is 27.1.